The minimum absolute atomic E-state index is 0.322. The van der Waals surface area contributed by atoms with Gasteiger partial charge in [0.1, 0.15) is 0 Å². The minimum atomic E-state index is -0.499. The van der Waals surface area contributed by atoms with Crippen LogP contribution in [0.2, 0.25) is 0 Å². The molecule has 1 heterocycles. The van der Waals surface area contributed by atoms with Crippen molar-refractivity contribution in [3.8, 4) is 11.1 Å². The van der Waals surface area contributed by atoms with Gasteiger partial charge in [0.25, 0.3) is 5.91 Å². The molecule has 29 heavy (non-hydrogen) atoms. The minimum Gasteiger partial charge on any atom is -0.366 e. The van der Waals surface area contributed by atoms with Crippen molar-refractivity contribution in [3.63, 3.8) is 0 Å². The fourth-order valence-electron chi connectivity index (χ4n) is 3.22. The first-order valence-corrected chi connectivity index (χ1v) is 9.19. The van der Waals surface area contributed by atoms with Gasteiger partial charge in [-0.1, -0.05) is 18.2 Å². The molecule has 0 aliphatic heterocycles. The smallest absolute Gasteiger partial charge is 0.250 e. The largest absolute Gasteiger partial charge is 0.366 e. The number of hydrogen-bond acceptors (Lipinski definition) is 3. The summed E-state index contributed by atoms with van der Waals surface area (Å²) in [4.78, 5) is 38.4. The number of anilines is 1. The van der Waals surface area contributed by atoms with Crippen LogP contribution in [-0.4, -0.2) is 29.3 Å². The summed E-state index contributed by atoms with van der Waals surface area (Å²) in [5.74, 6) is -1.22. The molecule has 0 bridgehead atoms. The molecule has 3 aromatic rings. The van der Waals surface area contributed by atoms with Gasteiger partial charge in [0, 0.05) is 36.0 Å². The molecule has 0 saturated carbocycles. The van der Waals surface area contributed by atoms with Crippen molar-refractivity contribution in [2.45, 2.75) is 13.8 Å². The van der Waals surface area contributed by atoms with Gasteiger partial charge in [-0.25, -0.2) is 0 Å². The maximum absolute atomic E-state index is 12.2. The molecule has 2 aromatic carbocycles. The van der Waals surface area contributed by atoms with E-state index in [9.17, 15) is 14.4 Å². The molecule has 0 saturated heterocycles. The van der Waals surface area contributed by atoms with Crippen molar-refractivity contribution in [2.75, 3.05) is 11.9 Å². The molecule has 3 amide bonds. The number of hydrogen-bond donors (Lipinski definition) is 4. The van der Waals surface area contributed by atoms with Crippen molar-refractivity contribution < 1.29 is 14.4 Å². The predicted molar refractivity (Wildman–Crippen MR) is 113 cm³/mol. The normalized spacial score (nSPS) is 11.0. The maximum atomic E-state index is 12.2. The van der Waals surface area contributed by atoms with E-state index in [-0.39, 0.29) is 5.91 Å². The molecular weight excluding hydrogens is 368 g/mol. The van der Waals surface area contributed by atoms with Crippen LogP contribution in [0.15, 0.2) is 54.7 Å². The molecule has 7 heteroatoms. The van der Waals surface area contributed by atoms with E-state index < -0.39 is 11.8 Å². The van der Waals surface area contributed by atoms with E-state index in [0.717, 1.165) is 22.1 Å². The van der Waals surface area contributed by atoms with Crippen molar-refractivity contribution in [2.24, 2.45) is 5.73 Å². The molecule has 3 rings (SSSR count). The molecule has 0 spiro atoms. The van der Waals surface area contributed by atoms with Gasteiger partial charge in [-0.05, 0) is 48.7 Å². The van der Waals surface area contributed by atoms with Gasteiger partial charge in [-0.3, -0.25) is 14.4 Å². The number of likely N-dealkylation sites (N-methyl/N-ethyl adjacent to an activating group) is 1. The first-order chi connectivity index (χ1) is 13.9. The lowest BCUT2D eigenvalue weighted by molar-refractivity contribution is -0.117. The number of carbonyl (C=O) groups excluding carboxylic acids is 3. The molecule has 0 fully saturated rings. The lowest BCUT2D eigenvalue weighted by Gasteiger charge is -2.13. The summed E-state index contributed by atoms with van der Waals surface area (Å²) in [6.45, 7) is 4.20. The van der Waals surface area contributed by atoms with Gasteiger partial charge in [0.2, 0.25) is 11.8 Å². The lowest BCUT2D eigenvalue weighted by Crippen LogP contribution is -2.20. The van der Waals surface area contributed by atoms with Gasteiger partial charge in [-0.15, -0.1) is 0 Å². The quantitative estimate of drug-likeness (QED) is 0.485. The number of aromatic nitrogens is 1. The van der Waals surface area contributed by atoms with Gasteiger partial charge < -0.3 is 21.4 Å². The highest BCUT2D eigenvalue weighted by atomic mass is 16.2. The first kappa shape index (κ1) is 19.9. The Kier molecular flexibility index (Phi) is 5.78. The second-order valence-electron chi connectivity index (χ2n) is 6.49. The number of primary amides is 1. The highest BCUT2D eigenvalue weighted by Gasteiger charge is 2.15. The third-order valence-electron chi connectivity index (χ3n) is 4.61. The number of H-pyrrole nitrogens is 1. The Morgan fingerprint density at radius 2 is 1.79 bits per heavy atom. The van der Waals surface area contributed by atoms with Gasteiger partial charge in [-0.2, -0.15) is 0 Å². The summed E-state index contributed by atoms with van der Waals surface area (Å²) in [5, 5.41) is 6.26. The summed E-state index contributed by atoms with van der Waals surface area (Å²) in [6, 6.07) is 11.0. The molecule has 0 radical (unpaired) electrons. The Balaban J connectivity index is 1.94. The number of fused-ring (bicyclic) bond motifs is 1. The Morgan fingerprint density at radius 1 is 1.03 bits per heavy atom. The molecule has 0 aliphatic rings. The predicted octanol–water partition coefficient (Wildman–Crippen LogP) is 2.87. The zero-order valence-corrected chi connectivity index (χ0v) is 16.2. The molecule has 0 atom stereocenters. The first-order valence-electron chi connectivity index (χ1n) is 9.19. The molecule has 7 nitrogen and oxygen atoms in total. The summed E-state index contributed by atoms with van der Waals surface area (Å²) in [6.07, 6.45) is 4.15. The topological polar surface area (TPSA) is 117 Å². The number of nitrogens with one attached hydrogen (secondary N) is 3. The highest BCUT2D eigenvalue weighted by Crippen LogP contribution is 2.34. The van der Waals surface area contributed by atoms with E-state index in [0.29, 0.717) is 23.3 Å². The monoisotopic (exact) mass is 390 g/mol. The van der Waals surface area contributed by atoms with Crippen LogP contribution in [0.3, 0.4) is 0 Å². The summed E-state index contributed by atoms with van der Waals surface area (Å²) >= 11 is 0. The van der Waals surface area contributed by atoms with Gasteiger partial charge in [0.05, 0.1) is 11.1 Å². The molecule has 5 N–H and O–H groups in total. The Bertz CT molecular complexity index is 1130. The van der Waals surface area contributed by atoms with Crippen molar-refractivity contribution >= 4 is 34.3 Å². The Morgan fingerprint density at radius 3 is 2.52 bits per heavy atom. The second kappa shape index (κ2) is 8.43. The van der Waals surface area contributed by atoms with Crippen LogP contribution in [-0.2, 0) is 9.59 Å². The summed E-state index contributed by atoms with van der Waals surface area (Å²) in [7, 11) is 0. The van der Waals surface area contributed by atoms with Crippen LogP contribution in [0, 0.1) is 6.92 Å². The van der Waals surface area contributed by atoms with E-state index in [1.54, 1.807) is 25.3 Å². The number of rotatable bonds is 6. The molecule has 0 unspecified atom stereocenters. The second-order valence-corrected chi connectivity index (χ2v) is 6.49. The van der Waals surface area contributed by atoms with Crippen molar-refractivity contribution in [3.05, 3.63) is 65.9 Å². The Labute approximate surface area is 168 Å². The molecular formula is C22H22N4O3. The third kappa shape index (κ3) is 4.19. The zero-order chi connectivity index (χ0) is 21.0. The van der Waals surface area contributed by atoms with Gasteiger partial charge >= 0.3 is 0 Å². The van der Waals surface area contributed by atoms with Crippen LogP contribution < -0.4 is 16.4 Å². The SMILES string of the molecule is CCNC(=O)/C=C\C(=O)Nc1cccc(-c2ccc(C(N)=O)c3[nH]ccc23)c1C. The lowest BCUT2D eigenvalue weighted by atomic mass is 9.94. The number of amides is 3. The standard InChI is InChI=1S/C22H22N4O3/c1-3-24-19(27)9-10-20(28)26-18-6-4-5-14(13(18)2)15-7-8-17(22(23)29)21-16(15)11-12-25-21/h4-12,25H,3H2,1-2H3,(H2,23,29)(H,24,27)(H,26,28)/b10-9-. The third-order valence-corrected chi connectivity index (χ3v) is 4.61. The summed E-state index contributed by atoms with van der Waals surface area (Å²) in [5.41, 5.74) is 9.89. The van der Waals surface area contributed by atoms with Crippen LogP contribution in [0.25, 0.3) is 22.0 Å². The van der Waals surface area contributed by atoms with Crippen LogP contribution in [0.1, 0.15) is 22.8 Å². The maximum Gasteiger partial charge on any atom is 0.250 e. The van der Waals surface area contributed by atoms with E-state index >= 15 is 0 Å². The van der Waals surface area contributed by atoms with Crippen LogP contribution >= 0.6 is 0 Å². The molecule has 1 aromatic heterocycles. The van der Waals surface area contributed by atoms with Gasteiger partial charge in [0.15, 0.2) is 0 Å². The zero-order valence-electron chi connectivity index (χ0n) is 16.2. The van der Waals surface area contributed by atoms with Crippen molar-refractivity contribution in [1.29, 1.82) is 0 Å². The van der Waals surface area contributed by atoms with Crippen LogP contribution in [0.4, 0.5) is 5.69 Å². The van der Waals surface area contributed by atoms with E-state index in [1.165, 1.54) is 12.2 Å². The number of nitrogens with two attached hydrogens (primary N) is 1. The van der Waals surface area contributed by atoms with E-state index in [4.69, 9.17) is 5.73 Å². The highest BCUT2D eigenvalue weighted by molar-refractivity contribution is 6.10. The number of benzene rings is 2. The average molecular weight is 390 g/mol. The number of aromatic amines is 1. The van der Waals surface area contributed by atoms with E-state index in [1.807, 2.05) is 31.2 Å². The Hall–Kier alpha value is -3.87. The number of carbonyl (C=O) groups is 3. The summed E-state index contributed by atoms with van der Waals surface area (Å²) < 4.78 is 0. The molecule has 0 aliphatic carbocycles. The molecule has 148 valence electrons. The van der Waals surface area contributed by atoms with E-state index in [2.05, 4.69) is 15.6 Å². The average Bonchev–Trinajstić information content (AvgIpc) is 3.17. The fourth-order valence-corrected chi connectivity index (χ4v) is 3.22. The van der Waals surface area contributed by atoms with Crippen LogP contribution in [0.5, 0.6) is 0 Å². The van der Waals surface area contributed by atoms with Crippen molar-refractivity contribution in [1.82, 2.24) is 10.3 Å². The fraction of sp³-hybridized carbons (Fsp3) is 0.136.